The summed E-state index contributed by atoms with van der Waals surface area (Å²) >= 11 is 1.49. The second-order valence-electron chi connectivity index (χ2n) is 9.11. The molecule has 2 unspecified atom stereocenters. The summed E-state index contributed by atoms with van der Waals surface area (Å²) in [7, 11) is -1.96. The maximum Gasteiger partial charge on any atom is 0.414 e. The Morgan fingerprint density at radius 2 is 2.10 bits per heavy atom. The number of carbonyl (C=O) groups is 2. The molecule has 0 aromatic heterocycles. The number of carbonyl (C=O) groups excluding carboxylic acids is 2. The van der Waals surface area contributed by atoms with Crippen LogP contribution in [0.25, 0.3) is 0 Å². The monoisotopic (exact) mass is 437 g/mol. The van der Waals surface area contributed by atoms with E-state index in [0.717, 1.165) is 10.6 Å². The Morgan fingerprint density at radius 3 is 2.76 bits per heavy atom. The van der Waals surface area contributed by atoms with Gasteiger partial charge in [-0.25, -0.2) is 4.79 Å². The Morgan fingerprint density at radius 1 is 1.38 bits per heavy atom. The molecule has 1 aromatic rings. The second kappa shape index (κ2) is 8.29. The van der Waals surface area contributed by atoms with Gasteiger partial charge >= 0.3 is 6.09 Å². The number of benzene rings is 1. The van der Waals surface area contributed by atoms with Crippen molar-refractivity contribution in [3.63, 3.8) is 0 Å². The van der Waals surface area contributed by atoms with Crippen LogP contribution in [0.15, 0.2) is 23.1 Å². The Balaban J connectivity index is 1.67. The molecule has 3 rings (SSSR count). The zero-order valence-corrected chi connectivity index (χ0v) is 19.6. The molecule has 0 radical (unpaired) electrons. The summed E-state index contributed by atoms with van der Waals surface area (Å²) in [6.45, 7) is 11.8. The van der Waals surface area contributed by atoms with Gasteiger partial charge in [-0.2, -0.15) is 0 Å². The summed E-state index contributed by atoms with van der Waals surface area (Å²) < 4.78 is 12.0. The van der Waals surface area contributed by atoms with E-state index in [-0.39, 0.29) is 29.2 Å². The molecule has 7 nitrogen and oxygen atoms in total. The van der Waals surface area contributed by atoms with Crippen molar-refractivity contribution < 1.29 is 18.8 Å². The van der Waals surface area contributed by atoms with Gasteiger partial charge in [0, 0.05) is 23.5 Å². The van der Waals surface area contributed by atoms with Crippen LogP contribution >= 0.6 is 11.8 Å². The van der Waals surface area contributed by atoms with E-state index in [1.807, 2.05) is 18.2 Å². The van der Waals surface area contributed by atoms with E-state index < -0.39 is 8.32 Å². The highest BCUT2D eigenvalue weighted by molar-refractivity contribution is 8.00. The van der Waals surface area contributed by atoms with Crippen LogP contribution in [0.5, 0.6) is 0 Å². The largest absolute Gasteiger partial charge is 0.444 e. The van der Waals surface area contributed by atoms with Crippen molar-refractivity contribution in [2.45, 2.75) is 62.4 Å². The predicted octanol–water partition coefficient (Wildman–Crippen LogP) is 3.80. The van der Waals surface area contributed by atoms with E-state index in [9.17, 15) is 9.59 Å². The van der Waals surface area contributed by atoms with Gasteiger partial charge in [-0.15, -0.1) is 11.8 Å². The van der Waals surface area contributed by atoms with Crippen LogP contribution in [-0.2, 0) is 14.0 Å². The molecule has 1 saturated heterocycles. The standard InChI is InChI=1S/C20H31N3O4SSi/c1-20(2,3)29(4,5)27-14(10-21)9-15-11-23(19(25)26-15)13-6-7-17-16(8-13)22-18(24)12-28-17/h6-8,14-15H,9-12,21H2,1-5H3,(H,22,24). The molecule has 0 bridgehead atoms. The van der Waals surface area contributed by atoms with Crippen LogP contribution in [0.3, 0.4) is 0 Å². The lowest BCUT2D eigenvalue weighted by atomic mass is 10.1. The van der Waals surface area contributed by atoms with Crippen molar-refractivity contribution in [2.75, 3.05) is 29.1 Å². The first-order chi connectivity index (χ1) is 13.5. The third kappa shape index (κ3) is 4.96. The molecule has 1 aromatic carbocycles. The third-order valence-electron chi connectivity index (χ3n) is 5.84. The van der Waals surface area contributed by atoms with Crippen LogP contribution < -0.4 is 16.0 Å². The number of thioether (sulfide) groups is 1. The highest BCUT2D eigenvalue weighted by atomic mass is 32.2. The molecular formula is C20H31N3O4SSi. The van der Waals surface area contributed by atoms with Gasteiger partial charge < -0.3 is 20.2 Å². The molecule has 0 aliphatic carbocycles. The SMILES string of the molecule is CC(C)(C)[Si](C)(C)OC(CN)CC1CN(c2ccc3c(c2)NC(=O)CS3)C(=O)O1. The highest BCUT2D eigenvalue weighted by Crippen LogP contribution is 2.38. The lowest BCUT2D eigenvalue weighted by Gasteiger charge is -2.39. The normalized spacial score (nSPS) is 20.9. The summed E-state index contributed by atoms with van der Waals surface area (Å²) in [5.41, 5.74) is 7.43. The van der Waals surface area contributed by atoms with E-state index in [0.29, 0.717) is 31.0 Å². The van der Waals surface area contributed by atoms with Gasteiger partial charge in [0.2, 0.25) is 5.91 Å². The number of nitrogens with one attached hydrogen (secondary N) is 1. The predicted molar refractivity (Wildman–Crippen MR) is 119 cm³/mol. The molecule has 2 atom stereocenters. The van der Waals surface area contributed by atoms with Crippen molar-refractivity contribution >= 4 is 43.5 Å². The number of nitrogens with two attached hydrogens (primary N) is 1. The van der Waals surface area contributed by atoms with E-state index in [2.05, 4.69) is 39.2 Å². The minimum Gasteiger partial charge on any atom is -0.444 e. The number of cyclic esters (lactones) is 1. The Labute approximate surface area is 177 Å². The van der Waals surface area contributed by atoms with Crippen LogP contribution in [0.1, 0.15) is 27.2 Å². The van der Waals surface area contributed by atoms with E-state index in [4.69, 9.17) is 14.9 Å². The molecule has 160 valence electrons. The first kappa shape index (κ1) is 22.1. The first-order valence-corrected chi connectivity index (χ1v) is 13.8. The number of fused-ring (bicyclic) bond motifs is 1. The van der Waals surface area contributed by atoms with Gasteiger partial charge in [-0.3, -0.25) is 9.69 Å². The zero-order valence-electron chi connectivity index (χ0n) is 17.8. The van der Waals surface area contributed by atoms with Crippen LogP contribution in [0, 0.1) is 0 Å². The molecule has 2 heterocycles. The summed E-state index contributed by atoms with van der Waals surface area (Å²) in [4.78, 5) is 26.7. The van der Waals surface area contributed by atoms with Gasteiger partial charge in [-0.05, 0) is 36.3 Å². The van der Waals surface area contributed by atoms with E-state index in [1.165, 1.54) is 11.8 Å². The molecule has 2 aliphatic rings. The Bertz CT molecular complexity index is 796. The third-order valence-corrected chi connectivity index (χ3v) is 11.4. The molecular weight excluding hydrogens is 406 g/mol. The second-order valence-corrected chi connectivity index (χ2v) is 14.9. The number of nitrogens with zero attached hydrogens (tertiary/aromatic N) is 1. The maximum absolute atomic E-state index is 12.5. The first-order valence-electron chi connectivity index (χ1n) is 9.93. The van der Waals surface area contributed by atoms with Crippen molar-refractivity contribution in [2.24, 2.45) is 5.73 Å². The Kier molecular flexibility index (Phi) is 6.33. The minimum atomic E-state index is -1.96. The fraction of sp³-hybridized carbons (Fsp3) is 0.600. The van der Waals surface area contributed by atoms with Gasteiger partial charge in [0.25, 0.3) is 0 Å². The molecule has 9 heteroatoms. The van der Waals surface area contributed by atoms with Crippen molar-refractivity contribution in [1.82, 2.24) is 0 Å². The topological polar surface area (TPSA) is 93.9 Å². The average molecular weight is 438 g/mol. The summed E-state index contributed by atoms with van der Waals surface area (Å²) in [5.74, 6) is 0.379. The van der Waals surface area contributed by atoms with Crippen LogP contribution in [0.2, 0.25) is 18.1 Å². The maximum atomic E-state index is 12.5. The quantitative estimate of drug-likeness (QED) is 0.658. The average Bonchev–Trinajstić information content (AvgIpc) is 2.99. The molecule has 1 fully saturated rings. The number of rotatable bonds is 6. The number of hydrogen-bond donors (Lipinski definition) is 2. The number of amides is 2. The lowest BCUT2D eigenvalue weighted by Crippen LogP contribution is -2.46. The number of anilines is 2. The fourth-order valence-electron chi connectivity index (χ4n) is 3.17. The molecule has 2 aliphatic heterocycles. The lowest BCUT2D eigenvalue weighted by molar-refractivity contribution is -0.113. The Hall–Kier alpha value is -1.55. The van der Waals surface area contributed by atoms with Gasteiger partial charge in [0.1, 0.15) is 6.10 Å². The van der Waals surface area contributed by atoms with Gasteiger partial charge in [-0.1, -0.05) is 20.8 Å². The van der Waals surface area contributed by atoms with Crippen molar-refractivity contribution in [1.29, 1.82) is 0 Å². The number of ether oxygens (including phenoxy) is 1. The van der Waals surface area contributed by atoms with Crippen LogP contribution in [-0.4, -0.2) is 51.4 Å². The van der Waals surface area contributed by atoms with Crippen molar-refractivity contribution in [3.8, 4) is 0 Å². The molecule has 0 spiro atoms. The minimum absolute atomic E-state index is 0.0323. The zero-order chi connectivity index (χ0) is 21.4. The van der Waals surface area contributed by atoms with Crippen molar-refractivity contribution in [3.05, 3.63) is 18.2 Å². The van der Waals surface area contributed by atoms with Gasteiger partial charge in [0.15, 0.2) is 8.32 Å². The van der Waals surface area contributed by atoms with E-state index in [1.54, 1.807) is 4.90 Å². The highest BCUT2D eigenvalue weighted by Gasteiger charge is 2.41. The molecule has 29 heavy (non-hydrogen) atoms. The number of hydrogen-bond acceptors (Lipinski definition) is 6. The van der Waals surface area contributed by atoms with E-state index >= 15 is 0 Å². The molecule has 2 amide bonds. The molecule has 3 N–H and O–H groups in total. The van der Waals surface area contributed by atoms with Gasteiger partial charge in [0.05, 0.1) is 24.1 Å². The fourth-order valence-corrected chi connectivity index (χ4v) is 5.34. The molecule has 0 saturated carbocycles. The summed E-state index contributed by atoms with van der Waals surface area (Å²) in [5, 5.41) is 2.95. The van der Waals surface area contributed by atoms with Crippen LogP contribution in [0.4, 0.5) is 16.2 Å². The summed E-state index contributed by atoms with van der Waals surface area (Å²) in [6.07, 6.45) is -0.232. The summed E-state index contributed by atoms with van der Waals surface area (Å²) in [6, 6.07) is 5.65. The smallest absolute Gasteiger partial charge is 0.414 e.